The van der Waals surface area contributed by atoms with Gasteiger partial charge >= 0.3 is 6.18 Å². The third-order valence-electron chi connectivity index (χ3n) is 4.58. The number of guanidine groups is 1. The van der Waals surface area contributed by atoms with Crippen molar-refractivity contribution in [1.29, 1.82) is 0 Å². The number of nitrogens with zero attached hydrogens (tertiary/aromatic N) is 2. The van der Waals surface area contributed by atoms with Gasteiger partial charge in [-0.1, -0.05) is 38.1 Å². The summed E-state index contributed by atoms with van der Waals surface area (Å²) in [7, 11) is 1.68. The Bertz CT molecular complexity index is 696. The molecule has 1 aliphatic heterocycles. The van der Waals surface area contributed by atoms with Crippen molar-refractivity contribution in [1.82, 2.24) is 15.5 Å². The normalized spacial score (nSPS) is 17.1. The molecule has 30 heavy (non-hydrogen) atoms. The van der Waals surface area contributed by atoms with E-state index in [-0.39, 0.29) is 48.5 Å². The average Bonchev–Trinajstić information content (AvgIpc) is 3.12. The molecule has 1 heterocycles. The van der Waals surface area contributed by atoms with Gasteiger partial charge in [0.1, 0.15) is 6.61 Å². The molecule has 170 valence electrons. The predicted molar refractivity (Wildman–Crippen MR) is 121 cm³/mol. The van der Waals surface area contributed by atoms with Crippen LogP contribution in [-0.4, -0.2) is 55.7 Å². The molecule has 0 aromatic heterocycles. The zero-order valence-electron chi connectivity index (χ0n) is 17.5. The SMILES string of the molecule is CN=C(NCc1ccc(COCC(F)(F)F)cc1)NC1CCN(C(=O)C(C)C)C1.I. The van der Waals surface area contributed by atoms with Crippen LogP contribution in [0.4, 0.5) is 13.2 Å². The van der Waals surface area contributed by atoms with E-state index >= 15 is 0 Å². The Hall–Kier alpha value is -1.56. The van der Waals surface area contributed by atoms with E-state index in [1.807, 2.05) is 30.9 Å². The predicted octanol–water partition coefficient (Wildman–Crippen LogP) is 3.31. The second-order valence-corrected chi connectivity index (χ2v) is 7.42. The zero-order valence-corrected chi connectivity index (χ0v) is 19.8. The number of carbonyl (C=O) groups is 1. The molecule has 10 heteroatoms. The molecular weight excluding hydrogens is 512 g/mol. The summed E-state index contributed by atoms with van der Waals surface area (Å²) in [6.45, 7) is 4.39. The van der Waals surface area contributed by atoms with Crippen LogP contribution >= 0.6 is 24.0 Å². The lowest BCUT2D eigenvalue weighted by Crippen LogP contribution is -2.45. The van der Waals surface area contributed by atoms with Crippen LogP contribution in [0.3, 0.4) is 0 Å². The number of rotatable bonds is 7. The molecule has 1 fully saturated rings. The first-order valence-electron chi connectivity index (χ1n) is 9.66. The first-order valence-corrected chi connectivity index (χ1v) is 9.66. The molecule has 1 aliphatic rings. The van der Waals surface area contributed by atoms with Gasteiger partial charge in [-0.05, 0) is 17.5 Å². The Morgan fingerprint density at radius 2 is 1.90 bits per heavy atom. The van der Waals surface area contributed by atoms with Crippen molar-refractivity contribution in [3.05, 3.63) is 35.4 Å². The molecule has 2 rings (SSSR count). The quantitative estimate of drug-likeness (QED) is 0.316. The van der Waals surface area contributed by atoms with E-state index in [2.05, 4.69) is 20.4 Å². The Morgan fingerprint density at radius 1 is 1.27 bits per heavy atom. The highest BCUT2D eigenvalue weighted by atomic mass is 127. The number of alkyl halides is 3. The van der Waals surface area contributed by atoms with Gasteiger partial charge in [0, 0.05) is 38.6 Å². The Balaban J connectivity index is 0.00000450. The molecule has 1 aromatic carbocycles. The standard InChI is InChI=1S/C20H29F3N4O2.HI/c1-14(2)18(28)27-9-8-17(11-27)26-19(24-3)25-10-15-4-6-16(7-5-15)12-29-13-20(21,22)23;/h4-7,14,17H,8-13H2,1-3H3,(H2,24,25,26);1H. The van der Waals surface area contributed by atoms with Crippen LogP contribution in [0.15, 0.2) is 29.3 Å². The second kappa shape index (κ2) is 12.3. The largest absolute Gasteiger partial charge is 0.411 e. The summed E-state index contributed by atoms with van der Waals surface area (Å²) < 4.78 is 41.0. The molecule has 0 radical (unpaired) electrons. The number of halogens is 4. The molecular formula is C20H30F3IN4O2. The summed E-state index contributed by atoms with van der Waals surface area (Å²) >= 11 is 0. The fraction of sp³-hybridized carbons (Fsp3) is 0.600. The highest BCUT2D eigenvalue weighted by Crippen LogP contribution is 2.16. The maximum Gasteiger partial charge on any atom is 0.411 e. The molecule has 2 N–H and O–H groups in total. The van der Waals surface area contributed by atoms with E-state index in [1.54, 1.807) is 19.2 Å². The van der Waals surface area contributed by atoms with Crippen molar-refractivity contribution in [2.75, 3.05) is 26.7 Å². The lowest BCUT2D eigenvalue weighted by molar-refractivity contribution is -0.176. The number of nitrogens with one attached hydrogen (secondary N) is 2. The summed E-state index contributed by atoms with van der Waals surface area (Å²) in [4.78, 5) is 18.2. The molecule has 0 spiro atoms. The van der Waals surface area contributed by atoms with Crippen molar-refractivity contribution in [2.24, 2.45) is 10.9 Å². The summed E-state index contributed by atoms with van der Waals surface area (Å²) in [5.41, 5.74) is 1.65. The molecule has 1 amide bonds. The van der Waals surface area contributed by atoms with Crippen LogP contribution in [0.1, 0.15) is 31.4 Å². The molecule has 1 atom stereocenters. The van der Waals surface area contributed by atoms with Gasteiger partial charge in [-0.3, -0.25) is 9.79 Å². The van der Waals surface area contributed by atoms with Crippen LogP contribution in [0.2, 0.25) is 0 Å². The van der Waals surface area contributed by atoms with Gasteiger partial charge in [0.05, 0.1) is 6.61 Å². The van der Waals surface area contributed by atoms with Gasteiger partial charge in [-0.15, -0.1) is 24.0 Å². The van der Waals surface area contributed by atoms with E-state index in [0.717, 1.165) is 18.5 Å². The maximum absolute atomic E-state index is 12.1. The minimum absolute atomic E-state index is 0. The lowest BCUT2D eigenvalue weighted by atomic mass is 10.1. The van der Waals surface area contributed by atoms with E-state index < -0.39 is 12.8 Å². The molecule has 6 nitrogen and oxygen atoms in total. The fourth-order valence-electron chi connectivity index (χ4n) is 3.06. The van der Waals surface area contributed by atoms with Gasteiger partial charge in [0.2, 0.25) is 5.91 Å². The average molecular weight is 542 g/mol. The van der Waals surface area contributed by atoms with Gasteiger partial charge in [0.15, 0.2) is 5.96 Å². The van der Waals surface area contributed by atoms with Crippen LogP contribution in [0.5, 0.6) is 0 Å². The first-order chi connectivity index (χ1) is 13.7. The smallest absolute Gasteiger partial charge is 0.367 e. The number of amides is 1. The van der Waals surface area contributed by atoms with Gasteiger partial charge < -0.3 is 20.3 Å². The third-order valence-corrected chi connectivity index (χ3v) is 4.58. The van der Waals surface area contributed by atoms with Gasteiger partial charge in [-0.2, -0.15) is 13.2 Å². The highest BCUT2D eigenvalue weighted by Gasteiger charge is 2.28. The molecule has 0 aliphatic carbocycles. The monoisotopic (exact) mass is 542 g/mol. The Kier molecular flexibility index (Phi) is 10.9. The lowest BCUT2D eigenvalue weighted by Gasteiger charge is -2.20. The minimum atomic E-state index is -4.31. The van der Waals surface area contributed by atoms with Gasteiger partial charge in [0.25, 0.3) is 0 Å². The van der Waals surface area contributed by atoms with Crippen LogP contribution in [0, 0.1) is 5.92 Å². The Morgan fingerprint density at radius 3 is 2.47 bits per heavy atom. The summed E-state index contributed by atoms with van der Waals surface area (Å²) in [5.74, 6) is 0.802. The summed E-state index contributed by atoms with van der Waals surface area (Å²) in [6, 6.07) is 7.32. The van der Waals surface area contributed by atoms with Crippen LogP contribution in [0.25, 0.3) is 0 Å². The van der Waals surface area contributed by atoms with Crippen molar-refractivity contribution in [3.8, 4) is 0 Å². The number of likely N-dealkylation sites (tertiary alicyclic amines) is 1. The molecule has 1 saturated heterocycles. The first kappa shape index (κ1) is 26.5. The topological polar surface area (TPSA) is 66.0 Å². The number of hydrogen-bond donors (Lipinski definition) is 2. The fourth-order valence-corrected chi connectivity index (χ4v) is 3.06. The Labute approximate surface area is 192 Å². The second-order valence-electron chi connectivity index (χ2n) is 7.42. The number of hydrogen-bond acceptors (Lipinski definition) is 3. The van der Waals surface area contributed by atoms with Crippen LogP contribution < -0.4 is 10.6 Å². The number of carbonyl (C=O) groups excluding carboxylic acids is 1. The van der Waals surface area contributed by atoms with Crippen molar-refractivity contribution in [2.45, 2.75) is 45.6 Å². The van der Waals surface area contributed by atoms with E-state index in [9.17, 15) is 18.0 Å². The molecule has 0 bridgehead atoms. The highest BCUT2D eigenvalue weighted by molar-refractivity contribution is 14.0. The molecule has 1 unspecified atom stereocenters. The number of benzene rings is 1. The molecule has 1 aromatic rings. The van der Waals surface area contributed by atoms with E-state index in [4.69, 9.17) is 0 Å². The number of aliphatic imine (C=N–C) groups is 1. The summed E-state index contributed by atoms with van der Waals surface area (Å²) in [5, 5.41) is 6.55. The zero-order chi connectivity index (χ0) is 21.4. The number of ether oxygens (including phenoxy) is 1. The summed E-state index contributed by atoms with van der Waals surface area (Å²) in [6.07, 6.45) is -3.45. The minimum Gasteiger partial charge on any atom is -0.367 e. The third kappa shape index (κ3) is 9.07. The van der Waals surface area contributed by atoms with E-state index in [1.165, 1.54) is 0 Å². The van der Waals surface area contributed by atoms with Gasteiger partial charge in [-0.25, -0.2) is 0 Å². The maximum atomic E-state index is 12.1. The van der Waals surface area contributed by atoms with Crippen molar-refractivity contribution in [3.63, 3.8) is 0 Å². The van der Waals surface area contributed by atoms with E-state index in [0.29, 0.717) is 24.6 Å². The molecule has 0 saturated carbocycles. The van der Waals surface area contributed by atoms with Crippen molar-refractivity contribution >= 4 is 35.8 Å². The van der Waals surface area contributed by atoms with Crippen LogP contribution in [-0.2, 0) is 22.7 Å². The van der Waals surface area contributed by atoms with Crippen molar-refractivity contribution < 1.29 is 22.7 Å².